The Morgan fingerprint density at radius 3 is 2.82 bits per heavy atom. The van der Waals surface area contributed by atoms with Crippen LogP contribution in [0.15, 0.2) is 18.7 Å². The number of hydrogen-bond acceptors (Lipinski definition) is 5. The van der Waals surface area contributed by atoms with Crippen molar-refractivity contribution in [3.05, 3.63) is 30.1 Å². The fourth-order valence-corrected chi connectivity index (χ4v) is 2.65. The van der Waals surface area contributed by atoms with Gasteiger partial charge in [-0.25, -0.2) is 0 Å². The number of morpholine rings is 1. The van der Waals surface area contributed by atoms with E-state index in [0.29, 0.717) is 6.61 Å². The molecule has 0 radical (unpaired) electrons. The molecule has 0 bridgehead atoms. The van der Waals surface area contributed by atoms with E-state index in [2.05, 4.69) is 47.2 Å². The average Bonchev–Trinajstić information content (AvgIpc) is 3.07. The van der Waals surface area contributed by atoms with Crippen LogP contribution in [0, 0.1) is 0 Å². The van der Waals surface area contributed by atoms with Crippen molar-refractivity contribution in [1.29, 1.82) is 0 Å². The Labute approximate surface area is 130 Å². The molecule has 2 aromatic rings. The van der Waals surface area contributed by atoms with Gasteiger partial charge in [0.25, 0.3) is 0 Å². The Morgan fingerprint density at radius 2 is 2.18 bits per heavy atom. The molecule has 1 fully saturated rings. The van der Waals surface area contributed by atoms with E-state index in [-0.39, 0.29) is 11.6 Å². The van der Waals surface area contributed by atoms with Crippen LogP contribution < -0.4 is 0 Å². The summed E-state index contributed by atoms with van der Waals surface area (Å²) in [5.74, 6) is 0.884. The van der Waals surface area contributed by atoms with Crippen molar-refractivity contribution in [1.82, 2.24) is 29.4 Å². The van der Waals surface area contributed by atoms with Gasteiger partial charge < -0.3 is 9.30 Å². The number of hydrogen-bond donors (Lipinski definition) is 0. The summed E-state index contributed by atoms with van der Waals surface area (Å²) in [6, 6.07) is 0. The van der Waals surface area contributed by atoms with Gasteiger partial charge in [0.2, 0.25) is 0 Å². The zero-order chi connectivity index (χ0) is 15.7. The van der Waals surface area contributed by atoms with E-state index >= 15 is 0 Å². The molecule has 3 heterocycles. The SMILES string of the molecule is Cn1cnnc1[C@@H]1CN(Cc2cnn(C(C)(C)C)c2)CCO1. The average molecular weight is 304 g/mol. The normalized spacial score (nSPS) is 20.5. The third-order valence-electron chi connectivity index (χ3n) is 3.91. The number of nitrogens with zero attached hydrogens (tertiary/aromatic N) is 6. The molecule has 3 rings (SSSR count). The van der Waals surface area contributed by atoms with Gasteiger partial charge in [0.05, 0.1) is 18.3 Å². The van der Waals surface area contributed by atoms with Gasteiger partial charge in [-0.2, -0.15) is 5.10 Å². The quantitative estimate of drug-likeness (QED) is 0.856. The van der Waals surface area contributed by atoms with Crippen LogP contribution in [0.4, 0.5) is 0 Å². The molecule has 120 valence electrons. The lowest BCUT2D eigenvalue weighted by molar-refractivity contribution is -0.0385. The molecule has 0 aromatic carbocycles. The molecule has 2 aromatic heterocycles. The van der Waals surface area contributed by atoms with Crippen molar-refractivity contribution in [3.63, 3.8) is 0 Å². The van der Waals surface area contributed by atoms with E-state index in [1.54, 1.807) is 6.33 Å². The zero-order valence-corrected chi connectivity index (χ0v) is 13.7. The van der Waals surface area contributed by atoms with E-state index in [4.69, 9.17) is 4.74 Å². The maximum absolute atomic E-state index is 5.84. The Morgan fingerprint density at radius 1 is 1.36 bits per heavy atom. The van der Waals surface area contributed by atoms with Crippen molar-refractivity contribution in [2.24, 2.45) is 7.05 Å². The maximum Gasteiger partial charge on any atom is 0.163 e. The topological polar surface area (TPSA) is 61.0 Å². The third-order valence-corrected chi connectivity index (χ3v) is 3.91. The van der Waals surface area contributed by atoms with Gasteiger partial charge in [-0.1, -0.05) is 0 Å². The van der Waals surface area contributed by atoms with Crippen LogP contribution >= 0.6 is 0 Å². The molecule has 1 atom stereocenters. The first-order valence-electron chi connectivity index (χ1n) is 7.65. The second-order valence-electron chi connectivity index (χ2n) is 6.86. The third kappa shape index (κ3) is 3.20. The first kappa shape index (κ1) is 15.2. The van der Waals surface area contributed by atoms with E-state index in [1.165, 1.54) is 5.56 Å². The molecular formula is C15H24N6O. The van der Waals surface area contributed by atoms with Crippen molar-refractivity contribution < 1.29 is 4.74 Å². The highest BCUT2D eigenvalue weighted by molar-refractivity contribution is 5.06. The summed E-state index contributed by atoms with van der Waals surface area (Å²) in [5.41, 5.74) is 1.25. The Balaban J connectivity index is 1.66. The lowest BCUT2D eigenvalue weighted by Gasteiger charge is -2.32. The first-order valence-corrected chi connectivity index (χ1v) is 7.65. The van der Waals surface area contributed by atoms with Crippen LogP contribution in [0.2, 0.25) is 0 Å². The highest BCUT2D eigenvalue weighted by Gasteiger charge is 2.26. The largest absolute Gasteiger partial charge is 0.368 e. The Kier molecular flexibility index (Phi) is 4.01. The fourth-order valence-electron chi connectivity index (χ4n) is 2.65. The van der Waals surface area contributed by atoms with E-state index in [0.717, 1.165) is 25.5 Å². The summed E-state index contributed by atoms with van der Waals surface area (Å²) < 4.78 is 9.78. The predicted octanol–water partition coefficient (Wildman–Crippen LogP) is 1.34. The van der Waals surface area contributed by atoms with Crippen LogP contribution in [0.3, 0.4) is 0 Å². The molecule has 1 aliphatic rings. The van der Waals surface area contributed by atoms with Gasteiger partial charge in [0.15, 0.2) is 5.82 Å². The molecule has 22 heavy (non-hydrogen) atoms. The standard InChI is InChI=1S/C15H24N6O/c1-15(2,3)21-9-12(7-17-21)8-20-5-6-22-13(10-20)14-18-16-11-19(14)4/h7,9,11,13H,5-6,8,10H2,1-4H3/t13-/m0/s1. The van der Waals surface area contributed by atoms with Crippen molar-refractivity contribution >= 4 is 0 Å². The van der Waals surface area contributed by atoms with Crippen LogP contribution in [-0.4, -0.2) is 49.1 Å². The summed E-state index contributed by atoms with van der Waals surface area (Å²) in [7, 11) is 1.95. The lowest BCUT2D eigenvalue weighted by Crippen LogP contribution is -2.38. The number of aromatic nitrogens is 5. The predicted molar refractivity (Wildman–Crippen MR) is 82.2 cm³/mol. The van der Waals surface area contributed by atoms with Gasteiger partial charge in [-0.05, 0) is 20.8 Å². The van der Waals surface area contributed by atoms with Gasteiger partial charge >= 0.3 is 0 Å². The van der Waals surface area contributed by atoms with Crippen molar-refractivity contribution in [2.45, 2.75) is 39.0 Å². The minimum atomic E-state index is -0.0149. The summed E-state index contributed by atoms with van der Waals surface area (Å²) >= 11 is 0. The molecule has 0 N–H and O–H groups in total. The van der Waals surface area contributed by atoms with Crippen LogP contribution in [-0.2, 0) is 23.9 Å². The van der Waals surface area contributed by atoms with Gasteiger partial charge in [0.1, 0.15) is 12.4 Å². The van der Waals surface area contributed by atoms with Gasteiger partial charge in [-0.3, -0.25) is 9.58 Å². The number of aryl methyl sites for hydroxylation is 1. The maximum atomic E-state index is 5.84. The van der Waals surface area contributed by atoms with Crippen LogP contribution in [0.1, 0.15) is 38.3 Å². The second kappa shape index (κ2) is 5.81. The van der Waals surface area contributed by atoms with Crippen LogP contribution in [0.25, 0.3) is 0 Å². The Bertz CT molecular complexity index is 626. The molecular weight excluding hydrogens is 280 g/mol. The number of ether oxygens (including phenoxy) is 1. The molecule has 0 amide bonds. The summed E-state index contributed by atoms with van der Waals surface area (Å²) in [4.78, 5) is 2.38. The molecule has 7 nitrogen and oxygen atoms in total. The molecule has 7 heteroatoms. The van der Waals surface area contributed by atoms with E-state index in [9.17, 15) is 0 Å². The van der Waals surface area contributed by atoms with Gasteiger partial charge in [-0.15, -0.1) is 10.2 Å². The summed E-state index contributed by atoms with van der Waals surface area (Å²) in [5, 5.41) is 12.6. The van der Waals surface area contributed by atoms with Crippen molar-refractivity contribution in [2.75, 3.05) is 19.7 Å². The molecule has 0 aliphatic carbocycles. The van der Waals surface area contributed by atoms with Crippen LogP contribution in [0.5, 0.6) is 0 Å². The van der Waals surface area contributed by atoms with E-state index in [1.807, 2.05) is 22.5 Å². The Hall–Kier alpha value is -1.73. The molecule has 0 saturated carbocycles. The second-order valence-corrected chi connectivity index (χ2v) is 6.86. The monoisotopic (exact) mass is 304 g/mol. The highest BCUT2D eigenvalue weighted by Crippen LogP contribution is 2.21. The number of rotatable bonds is 3. The van der Waals surface area contributed by atoms with E-state index < -0.39 is 0 Å². The molecule has 1 aliphatic heterocycles. The lowest BCUT2D eigenvalue weighted by atomic mass is 10.1. The summed E-state index contributed by atoms with van der Waals surface area (Å²) in [6.07, 6.45) is 5.79. The minimum absolute atomic E-state index is 0.0149. The van der Waals surface area contributed by atoms with Gasteiger partial charge in [0, 0.05) is 38.4 Å². The fraction of sp³-hybridized carbons (Fsp3) is 0.667. The summed E-state index contributed by atoms with van der Waals surface area (Å²) in [6.45, 7) is 9.81. The first-order chi connectivity index (χ1) is 10.4. The molecule has 0 spiro atoms. The smallest absolute Gasteiger partial charge is 0.163 e. The highest BCUT2D eigenvalue weighted by atomic mass is 16.5. The molecule has 0 unspecified atom stereocenters. The van der Waals surface area contributed by atoms with Crippen molar-refractivity contribution in [3.8, 4) is 0 Å². The molecule has 1 saturated heterocycles. The zero-order valence-electron chi connectivity index (χ0n) is 13.7. The minimum Gasteiger partial charge on any atom is -0.368 e.